The van der Waals surface area contributed by atoms with Crippen LogP contribution < -0.4 is 10.3 Å². The van der Waals surface area contributed by atoms with Gasteiger partial charge in [0, 0.05) is 12.1 Å². The third-order valence-corrected chi connectivity index (χ3v) is 3.15. The van der Waals surface area contributed by atoms with Crippen molar-refractivity contribution in [1.29, 1.82) is 0 Å². The summed E-state index contributed by atoms with van der Waals surface area (Å²) < 4.78 is 6.98. The normalized spacial score (nSPS) is 10.8. The Bertz CT molecular complexity index is 748. The molecule has 1 aromatic heterocycles. The number of Topliss-reactive ketones (excluding diaryl/α,β-unsaturated/α-hetero) is 1. The van der Waals surface area contributed by atoms with Gasteiger partial charge in [-0.3, -0.25) is 9.59 Å². The molecule has 0 saturated carbocycles. The average molecular weight is 300 g/mol. The number of hydrogen-bond acceptors (Lipinski definition) is 4. The molecular weight excluding hydrogens is 280 g/mol. The van der Waals surface area contributed by atoms with Gasteiger partial charge in [0.15, 0.2) is 5.78 Å². The van der Waals surface area contributed by atoms with Crippen molar-refractivity contribution < 1.29 is 9.53 Å². The fraction of sp³-hybridized carbons (Fsp3) is 0.353. The first kappa shape index (κ1) is 15.9. The van der Waals surface area contributed by atoms with Crippen molar-refractivity contribution in [2.24, 2.45) is 0 Å². The zero-order chi connectivity index (χ0) is 16.3. The number of hydrogen-bond donors (Lipinski definition) is 0. The monoisotopic (exact) mass is 300 g/mol. The maximum absolute atomic E-state index is 12.1. The highest BCUT2D eigenvalue weighted by Gasteiger charge is 2.13. The first-order chi connectivity index (χ1) is 10.4. The van der Waals surface area contributed by atoms with Crippen LogP contribution in [0.15, 0.2) is 35.1 Å². The molecule has 2 rings (SSSR count). The second-order valence-corrected chi connectivity index (χ2v) is 5.31. The fourth-order valence-electron chi connectivity index (χ4n) is 2.15. The first-order valence-corrected chi connectivity index (χ1v) is 7.32. The van der Waals surface area contributed by atoms with Gasteiger partial charge in [0.1, 0.15) is 5.75 Å². The molecule has 0 amide bonds. The minimum absolute atomic E-state index is 0.0700. The van der Waals surface area contributed by atoms with Gasteiger partial charge in [-0.15, -0.1) is 0 Å². The van der Waals surface area contributed by atoms with Crippen LogP contribution in [0.2, 0.25) is 0 Å². The Balaban J connectivity index is 2.55. The Hall–Kier alpha value is -2.43. The summed E-state index contributed by atoms with van der Waals surface area (Å²) in [5.41, 5.74) is 1.19. The Morgan fingerprint density at radius 2 is 2.05 bits per heavy atom. The summed E-state index contributed by atoms with van der Waals surface area (Å²) in [6.45, 7) is 7.53. The van der Waals surface area contributed by atoms with E-state index in [0.29, 0.717) is 12.2 Å². The zero-order valence-corrected chi connectivity index (χ0v) is 13.3. The van der Waals surface area contributed by atoms with Crippen LogP contribution in [0.5, 0.6) is 5.75 Å². The largest absolute Gasteiger partial charge is 0.491 e. The second kappa shape index (κ2) is 6.56. The molecule has 1 heterocycles. The summed E-state index contributed by atoms with van der Waals surface area (Å²) in [4.78, 5) is 23.8. The van der Waals surface area contributed by atoms with Crippen LogP contribution in [0.25, 0.3) is 11.3 Å². The molecule has 1 aromatic carbocycles. The van der Waals surface area contributed by atoms with Crippen molar-refractivity contribution in [1.82, 2.24) is 9.78 Å². The van der Waals surface area contributed by atoms with Crippen LogP contribution in [0, 0.1) is 0 Å². The van der Waals surface area contributed by atoms with Crippen molar-refractivity contribution in [3.05, 3.63) is 46.2 Å². The molecule has 2 aromatic rings. The van der Waals surface area contributed by atoms with Crippen molar-refractivity contribution in [3.8, 4) is 17.0 Å². The van der Waals surface area contributed by atoms with E-state index < -0.39 is 0 Å². The highest BCUT2D eigenvalue weighted by molar-refractivity contribution is 5.94. The Morgan fingerprint density at radius 3 is 2.64 bits per heavy atom. The quantitative estimate of drug-likeness (QED) is 0.797. The van der Waals surface area contributed by atoms with Gasteiger partial charge in [0.2, 0.25) is 0 Å². The third-order valence-electron chi connectivity index (χ3n) is 3.15. The summed E-state index contributed by atoms with van der Waals surface area (Å²) in [5.74, 6) is 0.471. The van der Waals surface area contributed by atoms with Gasteiger partial charge in [0.05, 0.1) is 17.4 Å². The van der Waals surface area contributed by atoms with Crippen LogP contribution in [-0.2, 0) is 6.54 Å². The van der Waals surface area contributed by atoms with Gasteiger partial charge in [0.25, 0.3) is 5.56 Å². The summed E-state index contributed by atoms with van der Waals surface area (Å²) in [6, 6.07) is 9.01. The summed E-state index contributed by atoms with van der Waals surface area (Å²) >= 11 is 0. The topological polar surface area (TPSA) is 61.2 Å². The molecule has 0 atom stereocenters. The van der Waals surface area contributed by atoms with E-state index in [-0.39, 0.29) is 23.0 Å². The Morgan fingerprint density at radius 1 is 1.32 bits per heavy atom. The number of rotatable bonds is 5. The maximum Gasteiger partial charge on any atom is 0.277 e. The summed E-state index contributed by atoms with van der Waals surface area (Å²) in [7, 11) is 0. The molecule has 0 saturated heterocycles. The molecule has 22 heavy (non-hydrogen) atoms. The smallest absolute Gasteiger partial charge is 0.277 e. The van der Waals surface area contributed by atoms with Gasteiger partial charge in [-0.1, -0.05) is 12.1 Å². The second-order valence-electron chi connectivity index (χ2n) is 5.31. The zero-order valence-electron chi connectivity index (χ0n) is 13.3. The minimum Gasteiger partial charge on any atom is -0.491 e. The van der Waals surface area contributed by atoms with E-state index in [1.54, 1.807) is 6.07 Å². The lowest BCUT2D eigenvalue weighted by molar-refractivity contribution is 0.101. The lowest BCUT2D eigenvalue weighted by Crippen LogP contribution is -2.27. The highest BCUT2D eigenvalue weighted by Crippen LogP contribution is 2.23. The van der Waals surface area contributed by atoms with Crippen LogP contribution in [0.1, 0.15) is 38.1 Å². The van der Waals surface area contributed by atoms with Crippen LogP contribution >= 0.6 is 0 Å². The number of ketones is 1. The van der Waals surface area contributed by atoms with Gasteiger partial charge in [-0.25, -0.2) is 4.68 Å². The fourth-order valence-corrected chi connectivity index (χ4v) is 2.15. The average Bonchev–Trinajstić information content (AvgIpc) is 2.46. The SMILES string of the molecule is CCn1nc(-c2cccc(OC(C)C)c2)cc(C(C)=O)c1=O. The molecule has 5 heteroatoms. The molecule has 0 aliphatic heterocycles. The molecule has 0 radical (unpaired) electrons. The van der Waals surface area contributed by atoms with E-state index in [9.17, 15) is 9.59 Å². The minimum atomic E-state index is -0.353. The van der Waals surface area contributed by atoms with E-state index in [0.717, 1.165) is 11.3 Å². The molecule has 0 unspecified atom stereocenters. The van der Waals surface area contributed by atoms with E-state index in [1.165, 1.54) is 11.6 Å². The molecule has 0 aliphatic rings. The standard InChI is InChI=1S/C17H20N2O3/c1-5-19-17(21)15(12(4)20)10-16(18-19)13-7-6-8-14(9-13)22-11(2)3/h6-11H,5H2,1-4H3. The van der Waals surface area contributed by atoms with E-state index in [4.69, 9.17) is 4.74 Å². The Kier molecular flexibility index (Phi) is 4.75. The van der Waals surface area contributed by atoms with Gasteiger partial charge >= 0.3 is 0 Å². The van der Waals surface area contributed by atoms with Crippen LogP contribution in [0.3, 0.4) is 0 Å². The van der Waals surface area contributed by atoms with E-state index in [1.807, 2.05) is 45.0 Å². The molecule has 0 bridgehead atoms. The summed E-state index contributed by atoms with van der Waals surface area (Å²) in [5, 5.41) is 4.32. The predicted molar refractivity (Wildman–Crippen MR) is 85.4 cm³/mol. The molecular formula is C17H20N2O3. The van der Waals surface area contributed by atoms with Gasteiger partial charge in [-0.05, 0) is 45.9 Å². The predicted octanol–water partition coefficient (Wildman–Crippen LogP) is 2.92. The van der Waals surface area contributed by atoms with Gasteiger partial charge < -0.3 is 4.74 Å². The van der Waals surface area contributed by atoms with Crippen molar-refractivity contribution in [3.63, 3.8) is 0 Å². The number of benzene rings is 1. The molecule has 116 valence electrons. The van der Waals surface area contributed by atoms with Crippen LogP contribution in [-0.4, -0.2) is 21.7 Å². The number of ether oxygens (including phenoxy) is 1. The molecule has 0 N–H and O–H groups in total. The van der Waals surface area contributed by atoms with Gasteiger partial charge in [-0.2, -0.15) is 5.10 Å². The Labute approximate surface area is 129 Å². The van der Waals surface area contributed by atoms with E-state index >= 15 is 0 Å². The number of nitrogens with zero attached hydrogens (tertiary/aromatic N) is 2. The molecule has 0 fully saturated rings. The van der Waals surface area contributed by atoms with Crippen molar-refractivity contribution in [2.45, 2.75) is 40.3 Å². The third kappa shape index (κ3) is 3.42. The molecule has 5 nitrogen and oxygen atoms in total. The maximum atomic E-state index is 12.1. The lowest BCUT2D eigenvalue weighted by atomic mass is 10.1. The van der Waals surface area contributed by atoms with Crippen molar-refractivity contribution in [2.75, 3.05) is 0 Å². The number of carbonyl (C=O) groups is 1. The number of aromatic nitrogens is 2. The lowest BCUT2D eigenvalue weighted by Gasteiger charge is -2.12. The van der Waals surface area contributed by atoms with Crippen LogP contribution in [0.4, 0.5) is 0 Å². The van der Waals surface area contributed by atoms with E-state index in [2.05, 4.69) is 5.10 Å². The summed E-state index contributed by atoms with van der Waals surface area (Å²) in [6.07, 6.45) is 0.0700. The first-order valence-electron chi connectivity index (χ1n) is 7.32. The molecule has 0 aliphatic carbocycles. The highest BCUT2D eigenvalue weighted by atomic mass is 16.5. The number of carbonyl (C=O) groups excluding carboxylic acids is 1. The number of aryl methyl sites for hydroxylation is 1. The van der Waals surface area contributed by atoms with Crippen molar-refractivity contribution >= 4 is 5.78 Å². The molecule has 0 spiro atoms.